The smallest absolute Gasteiger partial charge is 0.227 e. The van der Waals surface area contributed by atoms with Crippen LogP contribution in [0.15, 0.2) is 74.8 Å². The molecule has 186 valence electrons. The number of benzene rings is 2. The molecule has 0 amide bonds. The summed E-state index contributed by atoms with van der Waals surface area (Å²) in [6.45, 7) is 0.896. The lowest BCUT2D eigenvalue weighted by atomic mass is 9.98. The van der Waals surface area contributed by atoms with Crippen molar-refractivity contribution in [2.45, 2.75) is 38.6 Å². The third-order valence-electron chi connectivity index (χ3n) is 6.46. The molecule has 0 bridgehead atoms. The van der Waals surface area contributed by atoms with Crippen molar-refractivity contribution in [3.63, 3.8) is 0 Å². The van der Waals surface area contributed by atoms with Crippen LogP contribution in [0.5, 0.6) is 0 Å². The van der Waals surface area contributed by atoms with E-state index in [1.54, 1.807) is 0 Å². The number of aliphatic imine (C=N–C) groups is 1. The van der Waals surface area contributed by atoms with Gasteiger partial charge in [0.1, 0.15) is 0 Å². The minimum Gasteiger partial charge on any atom is -0.339 e. The SMILES string of the molecule is CS(=O)(=O)N1CCc2cc(-c3noc(CCc4ccc(C5=N/C=C(Br)\C=C/CC5)cc4)n3)ccc2C1. The van der Waals surface area contributed by atoms with E-state index in [1.165, 1.54) is 16.1 Å². The van der Waals surface area contributed by atoms with E-state index in [9.17, 15) is 8.42 Å². The van der Waals surface area contributed by atoms with Crippen molar-refractivity contribution >= 4 is 31.7 Å². The second-order valence-corrected chi connectivity index (χ2v) is 12.0. The number of sulfonamides is 1. The molecule has 0 fully saturated rings. The predicted octanol–water partition coefficient (Wildman–Crippen LogP) is 5.21. The zero-order valence-corrected chi connectivity index (χ0v) is 22.4. The first-order valence-electron chi connectivity index (χ1n) is 11.9. The highest BCUT2D eigenvalue weighted by Gasteiger charge is 2.23. The molecule has 36 heavy (non-hydrogen) atoms. The number of hydrogen-bond acceptors (Lipinski definition) is 6. The Morgan fingerprint density at radius 1 is 1.03 bits per heavy atom. The van der Waals surface area contributed by atoms with Gasteiger partial charge in [-0.05, 0) is 69.9 Å². The Labute approximate surface area is 219 Å². The van der Waals surface area contributed by atoms with E-state index in [1.807, 2.05) is 30.5 Å². The fourth-order valence-electron chi connectivity index (χ4n) is 4.42. The molecule has 5 rings (SSSR count). The van der Waals surface area contributed by atoms with Crippen LogP contribution in [0.25, 0.3) is 11.4 Å². The lowest BCUT2D eigenvalue weighted by Gasteiger charge is -2.26. The molecule has 3 heterocycles. The molecular weight excluding hydrogens is 540 g/mol. The summed E-state index contributed by atoms with van der Waals surface area (Å²) in [5.41, 5.74) is 6.46. The van der Waals surface area contributed by atoms with Crippen LogP contribution in [0.1, 0.15) is 41.0 Å². The van der Waals surface area contributed by atoms with Gasteiger partial charge in [-0.1, -0.05) is 53.7 Å². The minimum atomic E-state index is -3.19. The Morgan fingerprint density at radius 3 is 2.64 bits per heavy atom. The van der Waals surface area contributed by atoms with Gasteiger partial charge in [-0.3, -0.25) is 4.99 Å². The summed E-state index contributed by atoms with van der Waals surface area (Å²) in [4.78, 5) is 9.22. The Morgan fingerprint density at radius 2 is 1.83 bits per heavy atom. The van der Waals surface area contributed by atoms with Gasteiger partial charge in [0, 0.05) is 41.5 Å². The number of fused-ring (bicyclic) bond motifs is 1. The monoisotopic (exact) mass is 566 g/mol. The van der Waals surface area contributed by atoms with E-state index < -0.39 is 10.0 Å². The molecule has 3 aromatic rings. The lowest BCUT2D eigenvalue weighted by molar-refractivity contribution is 0.379. The molecular formula is C27H27BrN4O3S. The van der Waals surface area contributed by atoms with Gasteiger partial charge < -0.3 is 4.52 Å². The molecule has 0 saturated carbocycles. The number of halogens is 1. The fraction of sp³-hybridized carbons (Fsp3) is 0.296. The fourth-order valence-corrected chi connectivity index (χ4v) is 5.51. The van der Waals surface area contributed by atoms with Crippen LogP contribution in [0, 0.1) is 0 Å². The van der Waals surface area contributed by atoms with E-state index in [4.69, 9.17) is 4.52 Å². The first kappa shape index (κ1) is 24.8. The maximum Gasteiger partial charge on any atom is 0.227 e. The Bertz CT molecular complexity index is 1460. The van der Waals surface area contributed by atoms with E-state index in [-0.39, 0.29) is 0 Å². The molecule has 1 aromatic heterocycles. The molecule has 0 aliphatic carbocycles. The van der Waals surface area contributed by atoms with Crippen LogP contribution >= 0.6 is 15.9 Å². The highest BCUT2D eigenvalue weighted by atomic mass is 79.9. The summed E-state index contributed by atoms with van der Waals surface area (Å²) in [6.07, 6.45) is 11.3. The van der Waals surface area contributed by atoms with Gasteiger partial charge in [-0.2, -0.15) is 9.29 Å². The van der Waals surface area contributed by atoms with E-state index >= 15 is 0 Å². The highest BCUT2D eigenvalue weighted by Crippen LogP contribution is 2.26. The predicted molar refractivity (Wildman–Crippen MR) is 144 cm³/mol. The summed E-state index contributed by atoms with van der Waals surface area (Å²) < 4.78 is 31.7. The average Bonchev–Trinajstić information content (AvgIpc) is 3.34. The van der Waals surface area contributed by atoms with Crippen molar-refractivity contribution in [2.75, 3.05) is 12.8 Å². The minimum absolute atomic E-state index is 0.406. The van der Waals surface area contributed by atoms with Crippen molar-refractivity contribution in [3.8, 4) is 11.4 Å². The van der Waals surface area contributed by atoms with Crippen LogP contribution in [-0.2, 0) is 35.8 Å². The van der Waals surface area contributed by atoms with Crippen molar-refractivity contribution in [3.05, 3.63) is 93.4 Å². The molecule has 0 spiro atoms. The Balaban J connectivity index is 1.22. The summed E-state index contributed by atoms with van der Waals surface area (Å²) in [7, 11) is -3.19. The van der Waals surface area contributed by atoms with Crippen LogP contribution in [0.3, 0.4) is 0 Å². The Kier molecular flexibility index (Phi) is 7.32. The first-order chi connectivity index (χ1) is 17.3. The van der Waals surface area contributed by atoms with E-state index in [0.29, 0.717) is 37.6 Å². The molecule has 0 unspecified atom stereocenters. The summed E-state index contributed by atoms with van der Waals surface area (Å²) in [6, 6.07) is 14.4. The van der Waals surface area contributed by atoms with Gasteiger partial charge in [0.2, 0.25) is 21.7 Å². The number of aryl methyl sites for hydroxylation is 2. The zero-order chi connectivity index (χ0) is 25.1. The average molecular weight is 568 g/mol. The largest absolute Gasteiger partial charge is 0.339 e. The maximum absolute atomic E-state index is 11.9. The van der Waals surface area contributed by atoms with Crippen molar-refractivity contribution in [1.82, 2.24) is 14.4 Å². The first-order valence-corrected chi connectivity index (χ1v) is 14.6. The molecule has 0 atom stereocenters. The van der Waals surface area contributed by atoms with Crippen molar-refractivity contribution in [2.24, 2.45) is 4.99 Å². The van der Waals surface area contributed by atoms with E-state index in [2.05, 4.69) is 61.4 Å². The molecule has 2 aliphatic heterocycles. The summed E-state index contributed by atoms with van der Waals surface area (Å²) in [5, 5.41) is 4.18. The highest BCUT2D eigenvalue weighted by molar-refractivity contribution is 9.11. The second-order valence-electron chi connectivity index (χ2n) is 9.07. The molecule has 0 N–H and O–H groups in total. The third kappa shape index (κ3) is 5.91. The molecule has 0 radical (unpaired) electrons. The van der Waals surface area contributed by atoms with Crippen LogP contribution in [-0.4, -0.2) is 41.4 Å². The van der Waals surface area contributed by atoms with Crippen molar-refractivity contribution in [1.29, 1.82) is 0 Å². The topological polar surface area (TPSA) is 88.7 Å². The van der Waals surface area contributed by atoms with Crippen LogP contribution < -0.4 is 0 Å². The second kappa shape index (κ2) is 10.6. The number of hydrogen-bond donors (Lipinski definition) is 0. The van der Waals surface area contributed by atoms with Crippen LogP contribution in [0.2, 0.25) is 0 Å². The molecule has 0 saturated heterocycles. The van der Waals surface area contributed by atoms with Gasteiger partial charge >= 0.3 is 0 Å². The van der Waals surface area contributed by atoms with Gasteiger partial charge in [-0.15, -0.1) is 0 Å². The number of allylic oxidation sites excluding steroid dienone is 3. The number of rotatable bonds is 6. The van der Waals surface area contributed by atoms with Gasteiger partial charge in [0.05, 0.1) is 6.26 Å². The summed E-state index contributed by atoms with van der Waals surface area (Å²) in [5.74, 6) is 1.16. The van der Waals surface area contributed by atoms with Gasteiger partial charge in [-0.25, -0.2) is 8.42 Å². The van der Waals surface area contributed by atoms with E-state index in [0.717, 1.165) is 51.7 Å². The lowest BCUT2D eigenvalue weighted by Crippen LogP contribution is -2.35. The normalized spacial score (nSPS) is 18.9. The standard InChI is InChI=1S/C27H27BrN4O3S/c1-36(33,34)32-15-14-21-16-22(11-12-23(21)18-32)27-30-26(35-31-27)13-8-19-6-9-20(10-7-19)25-5-3-2-4-24(28)17-29-25/h2,4,6-7,9-12,16-17H,3,5,8,13-15,18H2,1H3/b4-2-,24-17+,29-25?. The van der Waals surface area contributed by atoms with Crippen molar-refractivity contribution < 1.29 is 12.9 Å². The molecule has 9 heteroatoms. The number of nitrogens with zero attached hydrogens (tertiary/aromatic N) is 4. The number of aromatic nitrogens is 2. The van der Waals surface area contributed by atoms with Gasteiger partial charge in [0.15, 0.2) is 0 Å². The Hall–Kier alpha value is -2.88. The van der Waals surface area contributed by atoms with Gasteiger partial charge in [0.25, 0.3) is 0 Å². The zero-order valence-electron chi connectivity index (χ0n) is 20.0. The maximum atomic E-state index is 11.9. The summed E-state index contributed by atoms with van der Waals surface area (Å²) >= 11 is 3.49. The molecule has 2 aliphatic rings. The van der Waals surface area contributed by atoms with Crippen LogP contribution in [0.4, 0.5) is 0 Å². The molecule has 2 aromatic carbocycles. The third-order valence-corrected chi connectivity index (χ3v) is 8.18. The quantitative estimate of drug-likeness (QED) is 0.408. The molecule has 7 nitrogen and oxygen atoms in total.